The number of hydrogen-bond donors (Lipinski definition) is 1. The van der Waals surface area contributed by atoms with Gasteiger partial charge in [0.2, 0.25) is 0 Å². The summed E-state index contributed by atoms with van der Waals surface area (Å²) in [6.45, 7) is 2.06. The van der Waals surface area contributed by atoms with Crippen molar-refractivity contribution in [2.75, 3.05) is 4.90 Å². The maximum atomic E-state index is 14.7. The van der Waals surface area contributed by atoms with E-state index in [4.69, 9.17) is 12.2 Å². The lowest BCUT2D eigenvalue weighted by Crippen LogP contribution is -2.30. The third kappa shape index (κ3) is 3.49. The fourth-order valence-corrected chi connectivity index (χ4v) is 4.49. The molecule has 4 nitrogen and oxygen atoms in total. The number of thiocarbonyl (C=S) groups is 1. The lowest BCUT2D eigenvalue weighted by Gasteiger charge is -2.29. The third-order valence-corrected chi connectivity index (χ3v) is 5.92. The molecule has 1 aliphatic heterocycles. The first-order valence-electron chi connectivity index (χ1n) is 10.1. The van der Waals surface area contributed by atoms with Crippen LogP contribution >= 0.6 is 12.2 Å². The summed E-state index contributed by atoms with van der Waals surface area (Å²) in [5.74, 6) is -0.273. The predicted molar refractivity (Wildman–Crippen MR) is 125 cm³/mol. The Kier molecular flexibility index (Phi) is 5.00. The Labute approximate surface area is 186 Å². The number of aromatic nitrogens is 2. The first-order valence-corrected chi connectivity index (χ1v) is 10.5. The van der Waals surface area contributed by atoms with Gasteiger partial charge in [-0.1, -0.05) is 35.9 Å². The van der Waals surface area contributed by atoms with Crippen LogP contribution in [0.3, 0.4) is 0 Å². The lowest BCUT2D eigenvalue weighted by atomic mass is 10.0. The van der Waals surface area contributed by atoms with Gasteiger partial charge < -0.3 is 14.8 Å². The van der Waals surface area contributed by atoms with Gasteiger partial charge in [-0.3, -0.25) is 4.98 Å². The molecule has 31 heavy (non-hydrogen) atoms. The number of hydrogen-bond acceptors (Lipinski definition) is 2. The van der Waals surface area contributed by atoms with Gasteiger partial charge in [-0.25, -0.2) is 4.39 Å². The van der Waals surface area contributed by atoms with Gasteiger partial charge in [-0.15, -0.1) is 0 Å². The van der Waals surface area contributed by atoms with Crippen molar-refractivity contribution in [3.63, 3.8) is 0 Å². The first-order chi connectivity index (χ1) is 15.1. The number of halogens is 1. The van der Waals surface area contributed by atoms with Gasteiger partial charge in [0.1, 0.15) is 11.9 Å². The van der Waals surface area contributed by atoms with Gasteiger partial charge in [0, 0.05) is 23.8 Å². The Balaban J connectivity index is 1.68. The van der Waals surface area contributed by atoms with Crippen LogP contribution in [0.1, 0.15) is 29.0 Å². The summed E-state index contributed by atoms with van der Waals surface area (Å²) in [7, 11) is 0. The summed E-state index contributed by atoms with van der Waals surface area (Å²) in [4.78, 5) is 6.68. The zero-order valence-corrected chi connectivity index (χ0v) is 17.8. The van der Waals surface area contributed by atoms with E-state index < -0.39 is 0 Å². The molecule has 1 fully saturated rings. The molecule has 1 N–H and O–H groups in total. The maximum Gasteiger partial charge on any atom is 0.174 e. The molecule has 0 spiro atoms. The number of anilines is 1. The fourth-order valence-electron chi connectivity index (χ4n) is 4.14. The molecule has 2 aromatic heterocycles. The molecular formula is C25H21FN4S. The zero-order chi connectivity index (χ0) is 21.4. The summed E-state index contributed by atoms with van der Waals surface area (Å²) in [5.41, 5.74) is 4.46. The Morgan fingerprint density at radius 1 is 0.935 bits per heavy atom. The van der Waals surface area contributed by atoms with Crippen molar-refractivity contribution in [2.45, 2.75) is 19.0 Å². The molecule has 0 aliphatic carbocycles. The highest BCUT2D eigenvalue weighted by atomic mass is 32.1. The van der Waals surface area contributed by atoms with Crippen LogP contribution in [0.15, 0.2) is 91.3 Å². The highest BCUT2D eigenvalue weighted by Crippen LogP contribution is 2.42. The summed E-state index contributed by atoms with van der Waals surface area (Å²) < 4.78 is 16.6. The number of pyridine rings is 1. The van der Waals surface area contributed by atoms with Crippen LogP contribution in [-0.4, -0.2) is 14.7 Å². The van der Waals surface area contributed by atoms with Crippen LogP contribution in [0.5, 0.6) is 0 Å². The average Bonchev–Trinajstić information content (AvgIpc) is 3.39. The molecule has 4 aromatic rings. The SMILES string of the molecule is Cc1ccc(N2C(=S)N[C@@H](c3ccccn3)[C@H]2c2cccn2-c2ccccc2F)cc1. The topological polar surface area (TPSA) is 33.1 Å². The van der Waals surface area contributed by atoms with E-state index in [2.05, 4.69) is 46.4 Å². The van der Waals surface area contributed by atoms with Crippen LogP contribution in [-0.2, 0) is 0 Å². The number of aryl methyl sites for hydroxylation is 1. The van der Waals surface area contributed by atoms with Gasteiger partial charge in [-0.2, -0.15) is 0 Å². The van der Waals surface area contributed by atoms with E-state index in [1.54, 1.807) is 18.3 Å². The minimum absolute atomic E-state index is 0.185. The van der Waals surface area contributed by atoms with Crippen LogP contribution < -0.4 is 10.2 Å². The number of para-hydroxylation sites is 1. The molecule has 6 heteroatoms. The number of nitrogens with one attached hydrogen (secondary N) is 1. The largest absolute Gasteiger partial charge is 0.351 e. The number of nitrogens with zero attached hydrogens (tertiary/aromatic N) is 3. The van der Waals surface area contributed by atoms with Gasteiger partial charge >= 0.3 is 0 Å². The Morgan fingerprint density at radius 2 is 1.71 bits per heavy atom. The average molecular weight is 429 g/mol. The minimum atomic E-state index is -0.273. The standard InChI is InChI=1S/C25H21FN4S/c1-17-11-13-18(14-12-17)30-24(23(28-25(30)31)20-8-4-5-15-27-20)22-10-6-16-29(22)21-9-3-2-7-19(21)26/h2-16,23-24H,1H3,(H,28,31)/t23-,24+/m0/s1. The van der Waals surface area contributed by atoms with Crippen molar-refractivity contribution in [3.05, 3.63) is 114 Å². The molecule has 1 saturated heterocycles. The maximum absolute atomic E-state index is 14.7. The molecule has 3 heterocycles. The third-order valence-electron chi connectivity index (χ3n) is 5.61. The second-order valence-corrected chi connectivity index (χ2v) is 7.97. The van der Waals surface area contributed by atoms with E-state index in [1.807, 2.05) is 47.2 Å². The van der Waals surface area contributed by atoms with Crippen LogP contribution in [0.25, 0.3) is 5.69 Å². The summed E-state index contributed by atoms with van der Waals surface area (Å²) >= 11 is 5.77. The van der Waals surface area contributed by atoms with E-state index >= 15 is 0 Å². The lowest BCUT2D eigenvalue weighted by molar-refractivity contribution is 0.544. The number of benzene rings is 2. The van der Waals surface area contributed by atoms with E-state index in [-0.39, 0.29) is 17.9 Å². The summed E-state index contributed by atoms with van der Waals surface area (Å²) in [5, 5.41) is 4.07. The molecule has 0 radical (unpaired) electrons. The van der Waals surface area contributed by atoms with Gasteiger partial charge in [0.15, 0.2) is 5.11 Å². The Hall–Kier alpha value is -3.51. The van der Waals surface area contributed by atoms with Crippen molar-refractivity contribution in [2.24, 2.45) is 0 Å². The molecule has 154 valence electrons. The molecule has 2 atom stereocenters. The molecule has 0 bridgehead atoms. The minimum Gasteiger partial charge on any atom is -0.351 e. The van der Waals surface area contributed by atoms with Crippen LogP contribution in [0.2, 0.25) is 0 Å². The monoisotopic (exact) mass is 428 g/mol. The molecule has 2 aromatic carbocycles. The van der Waals surface area contributed by atoms with Crippen LogP contribution in [0.4, 0.5) is 10.1 Å². The molecule has 0 amide bonds. The zero-order valence-electron chi connectivity index (χ0n) is 16.9. The summed E-state index contributed by atoms with van der Waals surface area (Å²) in [6, 6.07) is 24.5. The van der Waals surface area contributed by atoms with Crippen LogP contribution in [0, 0.1) is 12.7 Å². The molecule has 0 saturated carbocycles. The van der Waals surface area contributed by atoms with E-state index in [0.29, 0.717) is 10.8 Å². The fraction of sp³-hybridized carbons (Fsp3) is 0.120. The van der Waals surface area contributed by atoms with Crippen molar-refractivity contribution in [3.8, 4) is 5.69 Å². The van der Waals surface area contributed by atoms with E-state index in [0.717, 1.165) is 17.1 Å². The van der Waals surface area contributed by atoms with Crippen molar-refractivity contribution >= 4 is 23.0 Å². The van der Waals surface area contributed by atoms with Crippen molar-refractivity contribution in [1.29, 1.82) is 0 Å². The van der Waals surface area contributed by atoms with Gasteiger partial charge in [-0.05, 0) is 67.7 Å². The molecule has 5 rings (SSSR count). The highest BCUT2D eigenvalue weighted by molar-refractivity contribution is 7.80. The Bertz CT molecular complexity index is 1220. The first kappa shape index (κ1) is 19.5. The van der Waals surface area contributed by atoms with Crippen molar-refractivity contribution < 1.29 is 4.39 Å². The molecular weight excluding hydrogens is 407 g/mol. The second kappa shape index (κ2) is 7.96. The van der Waals surface area contributed by atoms with E-state index in [9.17, 15) is 4.39 Å². The number of rotatable bonds is 4. The normalized spacial score (nSPS) is 18.3. The highest BCUT2D eigenvalue weighted by Gasteiger charge is 2.42. The van der Waals surface area contributed by atoms with Crippen molar-refractivity contribution in [1.82, 2.24) is 14.9 Å². The molecule has 1 aliphatic rings. The predicted octanol–water partition coefficient (Wildman–Crippen LogP) is 5.50. The van der Waals surface area contributed by atoms with Gasteiger partial charge in [0.05, 0.1) is 17.4 Å². The van der Waals surface area contributed by atoms with E-state index in [1.165, 1.54) is 11.6 Å². The smallest absolute Gasteiger partial charge is 0.174 e. The summed E-state index contributed by atoms with van der Waals surface area (Å²) in [6.07, 6.45) is 3.67. The Morgan fingerprint density at radius 3 is 2.45 bits per heavy atom. The molecule has 0 unspecified atom stereocenters. The quantitative estimate of drug-likeness (QED) is 0.435. The van der Waals surface area contributed by atoms with Gasteiger partial charge in [0.25, 0.3) is 0 Å². The second-order valence-electron chi connectivity index (χ2n) is 7.59.